The molecule has 0 bridgehead atoms. The number of nitrogens with one attached hydrogen (secondary N) is 1. The maximum Gasteiger partial charge on any atom is 0.0240 e. The number of hydrogen-bond donors (Lipinski definition) is 1. The molecule has 0 heterocycles. The summed E-state index contributed by atoms with van der Waals surface area (Å²) in [6, 6.07) is 1.13. The van der Waals surface area contributed by atoms with Crippen molar-refractivity contribution in [1.29, 1.82) is 0 Å². The SMILES string of the molecule is C#CCC(CC)NC(C)C1(C)CC1. The van der Waals surface area contributed by atoms with E-state index in [1.807, 2.05) is 0 Å². The molecule has 0 aromatic rings. The van der Waals surface area contributed by atoms with Gasteiger partial charge in [-0.05, 0) is 31.6 Å². The lowest BCUT2D eigenvalue weighted by Crippen LogP contribution is -2.40. The maximum absolute atomic E-state index is 5.32. The summed E-state index contributed by atoms with van der Waals surface area (Å²) in [5.41, 5.74) is 0.558. The molecule has 1 saturated carbocycles. The third-order valence-corrected chi connectivity index (χ3v) is 3.43. The minimum Gasteiger partial charge on any atom is -0.310 e. The van der Waals surface area contributed by atoms with Gasteiger partial charge in [0.05, 0.1) is 0 Å². The van der Waals surface area contributed by atoms with Crippen molar-refractivity contribution in [3.8, 4) is 12.3 Å². The fraction of sp³-hybridized carbons (Fsp3) is 0.833. The first-order chi connectivity index (χ1) is 6.12. The van der Waals surface area contributed by atoms with Gasteiger partial charge in [-0.3, -0.25) is 0 Å². The molecule has 13 heavy (non-hydrogen) atoms. The molecule has 1 N–H and O–H groups in total. The van der Waals surface area contributed by atoms with E-state index in [9.17, 15) is 0 Å². The molecule has 2 atom stereocenters. The fourth-order valence-corrected chi connectivity index (χ4v) is 1.65. The van der Waals surface area contributed by atoms with Crippen LogP contribution in [-0.2, 0) is 0 Å². The lowest BCUT2D eigenvalue weighted by Gasteiger charge is -2.25. The third-order valence-electron chi connectivity index (χ3n) is 3.43. The fourth-order valence-electron chi connectivity index (χ4n) is 1.65. The number of terminal acetylenes is 1. The Balaban J connectivity index is 2.33. The second-order valence-corrected chi connectivity index (χ2v) is 4.56. The predicted octanol–water partition coefficient (Wildman–Crippen LogP) is 2.57. The van der Waals surface area contributed by atoms with Gasteiger partial charge >= 0.3 is 0 Å². The Kier molecular flexibility index (Phi) is 3.39. The third kappa shape index (κ3) is 2.74. The van der Waals surface area contributed by atoms with Crippen molar-refractivity contribution in [2.45, 2.75) is 58.5 Å². The molecular weight excluding hydrogens is 158 g/mol. The molecule has 1 rings (SSSR count). The normalized spacial score (nSPS) is 23.2. The van der Waals surface area contributed by atoms with Gasteiger partial charge in [0, 0.05) is 18.5 Å². The lowest BCUT2D eigenvalue weighted by molar-refractivity contribution is 0.335. The zero-order valence-corrected chi connectivity index (χ0v) is 9.06. The molecule has 0 aromatic heterocycles. The van der Waals surface area contributed by atoms with E-state index in [4.69, 9.17) is 6.42 Å². The van der Waals surface area contributed by atoms with Crippen molar-refractivity contribution in [2.75, 3.05) is 0 Å². The van der Waals surface area contributed by atoms with E-state index in [1.165, 1.54) is 12.8 Å². The van der Waals surface area contributed by atoms with Crippen LogP contribution in [0.25, 0.3) is 0 Å². The number of rotatable bonds is 5. The minimum absolute atomic E-state index is 0.512. The Bertz CT molecular complexity index is 198. The highest BCUT2D eigenvalue weighted by molar-refractivity contribution is 4.99. The summed E-state index contributed by atoms with van der Waals surface area (Å²) in [4.78, 5) is 0. The molecule has 1 fully saturated rings. The Morgan fingerprint density at radius 1 is 1.54 bits per heavy atom. The van der Waals surface area contributed by atoms with Crippen molar-refractivity contribution in [1.82, 2.24) is 5.32 Å². The topological polar surface area (TPSA) is 12.0 Å². The minimum atomic E-state index is 0.512. The van der Waals surface area contributed by atoms with Crippen molar-refractivity contribution in [3.63, 3.8) is 0 Å². The lowest BCUT2D eigenvalue weighted by atomic mass is 9.99. The van der Waals surface area contributed by atoms with E-state index < -0.39 is 0 Å². The van der Waals surface area contributed by atoms with Gasteiger partial charge in [-0.15, -0.1) is 12.3 Å². The Morgan fingerprint density at radius 2 is 2.15 bits per heavy atom. The molecule has 0 aromatic carbocycles. The zero-order chi connectivity index (χ0) is 9.90. The van der Waals surface area contributed by atoms with E-state index in [2.05, 4.69) is 32.0 Å². The van der Waals surface area contributed by atoms with E-state index >= 15 is 0 Å². The van der Waals surface area contributed by atoms with Crippen LogP contribution in [0, 0.1) is 17.8 Å². The van der Waals surface area contributed by atoms with Crippen LogP contribution in [-0.4, -0.2) is 12.1 Å². The summed E-state index contributed by atoms with van der Waals surface area (Å²) in [6.07, 6.45) is 10.0. The largest absolute Gasteiger partial charge is 0.310 e. The summed E-state index contributed by atoms with van der Waals surface area (Å²) in [5.74, 6) is 2.73. The molecule has 1 nitrogen and oxygen atoms in total. The standard InChI is InChI=1S/C12H21N/c1-5-7-11(6-2)13-10(3)12(4)8-9-12/h1,10-11,13H,6-9H2,2-4H3. The van der Waals surface area contributed by atoms with Crippen LogP contribution in [0.15, 0.2) is 0 Å². The first kappa shape index (κ1) is 10.6. The van der Waals surface area contributed by atoms with Gasteiger partial charge in [0.1, 0.15) is 0 Å². The Morgan fingerprint density at radius 3 is 2.54 bits per heavy atom. The first-order valence-corrected chi connectivity index (χ1v) is 5.32. The van der Waals surface area contributed by atoms with E-state index in [0.29, 0.717) is 17.5 Å². The molecule has 2 unspecified atom stereocenters. The van der Waals surface area contributed by atoms with Crippen molar-refractivity contribution >= 4 is 0 Å². The van der Waals surface area contributed by atoms with Gasteiger partial charge in [-0.25, -0.2) is 0 Å². The molecule has 0 spiro atoms. The smallest absolute Gasteiger partial charge is 0.0240 e. The van der Waals surface area contributed by atoms with Crippen molar-refractivity contribution in [2.24, 2.45) is 5.41 Å². The summed E-state index contributed by atoms with van der Waals surface area (Å²) in [5, 5.41) is 3.63. The van der Waals surface area contributed by atoms with E-state index in [0.717, 1.165) is 12.8 Å². The Labute approximate surface area is 82.3 Å². The molecular formula is C12H21N. The molecule has 1 aliphatic rings. The van der Waals surface area contributed by atoms with Gasteiger partial charge < -0.3 is 5.32 Å². The van der Waals surface area contributed by atoms with Gasteiger partial charge in [-0.1, -0.05) is 13.8 Å². The van der Waals surface area contributed by atoms with Crippen LogP contribution in [0.4, 0.5) is 0 Å². The highest BCUT2D eigenvalue weighted by Crippen LogP contribution is 2.48. The van der Waals surface area contributed by atoms with E-state index in [-0.39, 0.29) is 0 Å². The average Bonchev–Trinajstić information content (AvgIpc) is 2.84. The summed E-state index contributed by atoms with van der Waals surface area (Å²) < 4.78 is 0. The van der Waals surface area contributed by atoms with Crippen LogP contribution in [0.3, 0.4) is 0 Å². The van der Waals surface area contributed by atoms with Crippen LogP contribution >= 0.6 is 0 Å². The van der Waals surface area contributed by atoms with Crippen LogP contribution < -0.4 is 5.32 Å². The maximum atomic E-state index is 5.32. The molecule has 0 saturated heterocycles. The van der Waals surface area contributed by atoms with Crippen LogP contribution in [0.2, 0.25) is 0 Å². The molecule has 0 radical (unpaired) electrons. The molecule has 1 heteroatoms. The highest BCUT2D eigenvalue weighted by atomic mass is 15.0. The summed E-state index contributed by atoms with van der Waals surface area (Å²) in [6.45, 7) is 6.83. The zero-order valence-electron chi connectivity index (χ0n) is 9.06. The highest BCUT2D eigenvalue weighted by Gasteiger charge is 2.42. The predicted molar refractivity (Wildman–Crippen MR) is 57.5 cm³/mol. The van der Waals surface area contributed by atoms with Crippen LogP contribution in [0.1, 0.15) is 46.5 Å². The second kappa shape index (κ2) is 4.15. The second-order valence-electron chi connectivity index (χ2n) is 4.56. The average molecular weight is 179 g/mol. The number of hydrogen-bond acceptors (Lipinski definition) is 1. The summed E-state index contributed by atoms with van der Waals surface area (Å²) in [7, 11) is 0. The van der Waals surface area contributed by atoms with Gasteiger partial charge in [-0.2, -0.15) is 0 Å². The molecule has 0 aliphatic heterocycles. The van der Waals surface area contributed by atoms with Crippen molar-refractivity contribution in [3.05, 3.63) is 0 Å². The Hall–Kier alpha value is -0.480. The van der Waals surface area contributed by atoms with Gasteiger partial charge in [0.15, 0.2) is 0 Å². The van der Waals surface area contributed by atoms with Crippen LogP contribution in [0.5, 0.6) is 0 Å². The monoisotopic (exact) mass is 179 g/mol. The molecule has 74 valence electrons. The molecule has 0 amide bonds. The molecule has 1 aliphatic carbocycles. The first-order valence-electron chi connectivity index (χ1n) is 5.32. The summed E-state index contributed by atoms with van der Waals surface area (Å²) >= 11 is 0. The van der Waals surface area contributed by atoms with Gasteiger partial charge in [0.2, 0.25) is 0 Å². The quantitative estimate of drug-likeness (QED) is 0.640. The van der Waals surface area contributed by atoms with Gasteiger partial charge in [0.25, 0.3) is 0 Å². The van der Waals surface area contributed by atoms with Crippen molar-refractivity contribution < 1.29 is 0 Å². The van der Waals surface area contributed by atoms with E-state index in [1.54, 1.807) is 0 Å².